The third-order valence-corrected chi connectivity index (χ3v) is 10.7. The van der Waals surface area contributed by atoms with Gasteiger partial charge in [0.25, 0.3) is 8.32 Å². The number of benzene rings is 3. The average Bonchev–Trinajstić information content (AvgIpc) is 2.80. The summed E-state index contributed by atoms with van der Waals surface area (Å²) in [5, 5.41) is 2.40. The molecule has 170 valence electrons. The van der Waals surface area contributed by atoms with Gasteiger partial charge in [0.15, 0.2) is 0 Å². The van der Waals surface area contributed by atoms with Crippen molar-refractivity contribution in [1.29, 1.82) is 0 Å². The zero-order valence-corrected chi connectivity index (χ0v) is 20.9. The first-order valence-corrected chi connectivity index (χ1v) is 13.5. The van der Waals surface area contributed by atoms with E-state index in [1.54, 1.807) is 0 Å². The molecule has 3 aromatic carbocycles. The van der Waals surface area contributed by atoms with Gasteiger partial charge in [0.1, 0.15) is 12.2 Å². The van der Waals surface area contributed by atoms with Crippen LogP contribution >= 0.6 is 11.6 Å². The van der Waals surface area contributed by atoms with Crippen LogP contribution in [0.5, 0.6) is 0 Å². The van der Waals surface area contributed by atoms with E-state index in [0.29, 0.717) is 19.8 Å². The molecule has 0 heterocycles. The molecule has 0 N–H and O–H groups in total. The van der Waals surface area contributed by atoms with Gasteiger partial charge in [-0.15, -0.1) is 0 Å². The van der Waals surface area contributed by atoms with Crippen LogP contribution in [-0.2, 0) is 20.5 Å². The molecule has 0 aliphatic carbocycles. The monoisotopic (exact) mass is 468 g/mol. The van der Waals surface area contributed by atoms with Crippen LogP contribution in [0.3, 0.4) is 0 Å². The molecule has 3 aromatic rings. The van der Waals surface area contributed by atoms with Crippen molar-refractivity contribution < 1.29 is 13.9 Å². The van der Waals surface area contributed by atoms with Crippen molar-refractivity contribution in [1.82, 2.24) is 0 Å². The SMILES string of the molecule is CC(C)(C)[Si](OC[C@@H](COCc1ccccc1)OCCl)(c1ccccc1)c1ccccc1. The minimum absolute atomic E-state index is 0.0912. The minimum atomic E-state index is -2.62. The van der Waals surface area contributed by atoms with Gasteiger partial charge in [-0.2, -0.15) is 0 Å². The van der Waals surface area contributed by atoms with Crippen LogP contribution in [0.2, 0.25) is 5.04 Å². The Hall–Kier alpha value is -1.95. The zero-order valence-electron chi connectivity index (χ0n) is 19.2. The van der Waals surface area contributed by atoms with Gasteiger partial charge in [-0.1, -0.05) is 123 Å². The summed E-state index contributed by atoms with van der Waals surface area (Å²) in [7, 11) is -2.62. The highest BCUT2D eigenvalue weighted by molar-refractivity contribution is 6.99. The Morgan fingerprint density at radius 1 is 0.750 bits per heavy atom. The number of halogens is 1. The maximum absolute atomic E-state index is 6.96. The first-order chi connectivity index (χ1) is 15.5. The second-order valence-electron chi connectivity index (χ2n) is 8.87. The van der Waals surface area contributed by atoms with Crippen LogP contribution in [0.15, 0.2) is 91.0 Å². The topological polar surface area (TPSA) is 27.7 Å². The van der Waals surface area contributed by atoms with Gasteiger partial charge in [-0.3, -0.25) is 0 Å². The van der Waals surface area contributed by atoms with E-state index in [0.717, 1.165) is 5.56 Å². The summed E-state index contributed by atoms with van der Waals surface area (Å²) in [6, 6.07) is 31.4. The Bertz CT molecular complexity index is 874. The van der Waals surface area contributed by atoms with Crippen LogP contribution in [0.1, 0.15) is 26.3 Å². The molecule has 0 bridgehead atoms. The summed E-state index contributed by atoms with van der Waals surface area (Å²) in [6.45, 7) is 8.16. The van der Waals surface area contributed by atoms with Crippen LogP contribution in [0, 0.1) is 0 Å². The van der Waals surface area contributed by atoms with Gasteiger partial charge in [0, 0.05) is 0 Å². The number of rotatable bonds is 11. The van der Waals surface area contributed by atoms with Crippen molar-refractivity contribution in [2.24, 2.45) is 0 Å². The normalized spacial score (nSPS) is 13.1. The van der Waals surface area contributed by atoms with E-state index in [1.165, 1.54) is 10.4 Å². The van der Waals surface area contributed by atoms with E-state index in [1.807, 2.05) is 30.3 Å². The molecule has 3 nitrogen and oxygen atoms in total. The van der Waals surface area contributed by atoms with Crippen molar-refractivity contribution >= 4 is 30.3 Å². The van der Waals surface area contributed by atoms with Crippen molar-refractivity contribution in [3.8, 4) is 0 Å². The van der Waals surface area contributed by atoms with E-state index in [9.17, 15) is 0 Å². The highest BCUT2D eigenvalue weighted by Crippen LogP contribution is 2.36. The Balaban J connectivity index is 1.83. The standard InChI is InChI=1S/C27H33ClO3Si/c1-27(2,3)32(25-15-9-5-10-16-25,26-17-11-6-12-18-26)31-21-24(30-22-28)20-29-19-23-13-7-4-8-14-23/h4-18,24H,19-22H2,1-3H3/t24-/m1/s1. The molecule has 0 aromatic heterocycles. The number of hydrogen-bond acceptors (Lipinski definition) is 3. The molecule has 0 fully saturated rings. The highest BCUT2D eigenvalue weighted by Gasteiger charge is 2.50. The quantitative estimate of drug-likeness (QED) is 0.280. The first-order valence-electron chi connectivity index (χ1n) is 11.0. The fourth-order valence-electron chi connectivity index (χ4n) is 4.10. The predicted octanol–water partition coefficient (Wildman–Crippen LogP) is 5.36. The fraction of sp³-hybridized carbons (Fsp3) is 0.333. The van der Waals surface area contributed by atoms with Crippen molar-refractivity contribution in [3.05, 3.63) is 96.6 Å². The molecule has 5 heteroatoms. The Morgan fingerprint density at radius 3 is 1.72 bits per heavy atom. The van der Waals surface area contributed by atoms with E-state index >= 15 is 0 Å². The predicted molar refractivity (Wildman–Crippen MR) is 135 cm³/mol. The van der Waals surface area contributed by atoms with Gasteiger partial charge in [-0.05, 0) is 21.0 Å². The van der Waals surface area contributed by atoms with Gasteiger partial charge < -0.3 is 13.9 Å². The highest BCUT2D eigenvalue weighted by atomic mass is 35.5. The third-order valence-electron chi connectivity index (χ3n) is 5.62. The lowest BCUT2D eigenvalue weighted by Gasteiger charge is -2.43. The molecule has 0 unspecified atom stereocenters. The average molecular weight is 469 g/mol. The summed E-state index contributed by atoms with van der Waals surface area (Å²) in [6.07, 6.45) is -0.252. The largest absolute Gasteiger partial charge is 0.405 e. The maximum Gasteiger partial charge on any atom is 0.261 e. The lowest BCUT2D eigenvalue weighted by Crippen LogP contribution is -2.67. The fourth-order valence-corrected chi connectivity index (χ4v) is 8.86. The van der Waals surface area contributed by atoms with Crippen LogP contribution in [-0.4, -0.2) is 33.7 Å². The second kappa shape index (κ2) is 11.8. The maximum atomic E-state index is 6.96. The molecule has 0 amide bonds. The first kappa shape index (κ1) is 24.7. The van der Waals surface area contributed by atoms with Crippen LogP contribution < -0.4 is 10.4 Å². The summed E-state index contributed by atoms with van der Waals surface area (Å²) < 4.78 is 18.7. The van der Waals surface area contributed by atoms with E-state index in [2.05, 4.69) is 81.4 Å². The summed E-state index contributed by atoms with van der Waals surface area (Å²) >= 11 is 5.94. The van der Waals surface area contributed by atoms with Crippen LogP contribution in [0.25, 0.3) is 0 Å². The zero-order chi connectivity index (χ0) is 22.9. The molecule has 0 saturated carbocycles. The van der Waals surface area contributed by atoms with Gasteiger partial charge in [0.2, 0.25) is 0 Å². The molecule has 0 aliphatic rings. The Kier molecular flexibility index (Phi) is 9.08. The van der Waals surface area contributed by atoms with Gasteiger partial charge >= 0.3 is 0 Å². The molecule has 3 rings (SSSR count). The van der Waals surface area contributed by atoms with Crippen molar-refractivity contribution in [2.45, 2.75) is 38.5 Å². The number of alkyl halides is 1. The molecular formula is C27H33ClO3Si. The smallest absolute Gasteiger partial charge is 0.261 e. The third kappa shape index (κ3) is 6.09. The van der Waals surface area contributed by atoms with Gasteiger partial charge in [-0.25, -0.2) is 0 Å². The van der Waals surface area contributed by atoms with E-state index in [4.69, 9.17) is 25.5 Å². The molecule has 0 aliphatic heterocycles. The summed E-state index contributed by atoms with van der Waals surface area (Å²) in [5.74, 6) is 0. The Morgan fingerprint density at radius 2 is 1.25 bits per heavy atom. The lowest BCUT2D eigenvalue weighted by atomic mass is 10.2. The summed E-state index contributed by atoms with van der Waals surface area (Å²) in [5.41, 5.74) is 1.13. The molecule has 32 heavy (non-hydrogen) atoms. The lowest BCUT2D eigenvalue weighted by molar-refractivity contribution is -0.0281. The minimum Gasteiger partial charge on any atom is -0.405 e. The van der Waals surface area contributed by atoms with Crippen LogP contribution in [0.4, 0.5) is 0 Å². The van der Waals surface area contributed by atoms with Crippen molar-refractivity contribution in [3.63, 3.8) is 0 Å². The second-order valence-corrected chi connectivity index (χ2v) is 13.4. The number of hydrogen-bond donors (Lipinski definition) is 0. The molecule has 0 spiro atoms. The van der Waals surface area contributed by atoms with E-state index in [-0.39, 0.29) is 17.2 Å². The summed E-state index contributed by atoms with van der Waals surface area (Å²) in [4.78, 5) is 0. The Labute approximate surface area is 198 Å². The molecule has 1 atom stereocenters. The van der Waals surface area contributed by atoms with Crippen molar-refractivity contribution in [2.75, 3.05) is 19.3 Å². The van der Waals surface area contributed by atoms with Gasteiger partial charge in [0.05, 0.1) is 19.8 Å². The molecule has 0 saturated heterocycles. The molecular weight excluding hydrogens is 436 g/mol. The number of ether oxygens (including phenoxy) is 2. The van der Waals surface area contributed by atoms with E-state index < -0.39 is 8.32 Å². The molecule has 0 radical (unpaired) electrons.